The minimum Gasteiger partial charge on any atom is -0.462 e. The molecule has 0 bridgehead atoms. The third-order valence-electron chi connectivity index (χ3n) is 3.61. The lowest BCUT2D eigenvalue weighted by Gasteiger charge is -2.13. The lowest BCUT2D eigenvalue weighted by atomic mass is 10.1. The van der Waals surface area contributed by atoms with E-state index in [1.54, 1.807) is 13.8 Å². The molecule has 0 aliphatic carbocycles. The maximum atomic E-state index is 12.7. The van der Waals surface area contributed by atoms with Crippen LogP contribution in [0.1, 0.15) is 34.6 Å². The van der Waals surface area contributed by atoms with Gasteiger partial charge in [-0.1, -0.05) is 6.07 Å². The van der Waals surface area contributed by atoms with Gasteiger partial charge in [0.1, 0.15) is 0 Å². The van der Waals surface area contributed by atoms with E-state index in [0.717, 1.165) is 24.3 Å². The van der Waals surface area contributed by atoms with E-state index in [4.69, 9.17) is 9.47 Å². The van der Waals surface area contributed by atoms with Crippen LogP contribution in [-0.4, -0.2) is 38.5 Å². The molecule has 0 saturated heterocycles. The zero-order valence-electron chi connectivity index (χ0n) is 15.6. The number of carbonyl (C=O) groups excluding carboxylic acids is 2. The Morgan fingerprint density at radius 2 is 1.69 bits per heavy atom. The average Bonchev–Trinajstić information content (AvgIpc) is 2.68. The maximum Gasteiger partial charge on any atom is 0.340 e. The van der Waals surface area contributed by atoms with Crippen molar-refractivity contribution in [2.75, 3.05) is 17.9 Å². The van der Waals surface area contributed by atoms with Crippen LogP contribution in [-0.2, 0) is 19.5 Å². The number of ether oxygens (including phenoxy) is 2. The van der Waals surface area contributed by atoms with E-state index in [-0.39, 0.29) is 34.9 Å². The van der Waals surface area contributed by atoms with Gasteiger partial charge in [-0.25, -0.2) is 18.0 Å². The second-order valence-electron chi connectivity index (χ2n) is 5.56. The highest BCUT2D eigenvalue weighted by Crippen LogP contribution is 2.25. The second-order valence-corrected chi connectivity index (χ2v) is 7.24. The molecule has 2 aromatic rings. The largest absolute Gasteiger partial charge is 0.462 e. The summed E-state index contributed by atoms with van der Waals surface area (Å²) in [6, 6.07) is 8.07. The zero-order valence-corrected chi connectivity index (χ0v) is 16.4. The van der Waals surface area contributed by atoms with Gasteiger partial charge < -0.3 is 9.47 Å². The molecular formula is C18H18N2O8S. The Bertz CT molecular complexity index is 1050. The van der Waals surface area contributed by atoms with Crippen molar-refractivity contribution in [1.82, 2.24) is 0 Å². The van der Waals surface area contributed by atoms with Crippen LogP contribution in [0.25, 0.3) is 0 Å². The first-order valence-electron chi connectivity index (χ1n) is 8.45. The summed E-state index contributed by atoms with van der Waals surface area (Å²) in [6.45, 7) is 3.34. The number of nitro benzene ring substituents is 1. The van der Waals surface area contributed by atoms with Crippen molar-refractivity contribution in [3.05, 3.63) is 63.7 Å². The summed E-state index contributed by atoms with van der Waals surface area (Å²) in [5.74, 6) is -1.52. The number of hydrogen-bond acceptors (Lipinski definition) is 8. The minimum atomic E-state index is -4.31. The molecule has 0 aliphatic heterocycles. The van der Waals surface area contributed by atoms with Gasteiger partial charge in [-0.3, -0.25) is 14.8 Å². The molecule has 154 valence electrons. The van der Waals surface area contributed by atoms with E-state index >= 15 is 0 Å². The van der Waals surface area contributed by atoms with Crippen LogP contribution in [0.3, 0.4) is 0 Å². The van der Waals surface area contributed by atoms with E-state index in [9.17, 15) is 28.1 Å². The quantitative estimate of drug-likeness (QED) is 0.389. The summed E-state index contributed by atoms with van der Waals surface area (Å²) in [5.41, 5.74) is -0.759. The van der Waals surface area contributed by atoms with Gasteiger partial charge in [0.2, 0.25) is 0 Å². The third-order valence-corrected chi connectivity index (χ3v) is 4.97. The van der Waals surface area contributed by atoms with Crippen molar-refractivity contribution in [2.24, 2.45) is 0 Å². The molecule has 10 nitrogen and oxygen atoms in total. The summed E-state index contributed by atoms with van der Waals surface area (Å²) in [5, 5.41) is 10.9. The fourth-order valence-electron chi connectivity index (χ4n) is 2.32. The Hall–Kier alpha value is -3.47. The number of anilines is 1. The van der Waals surface area contributed by atoms with Gasteiger partial charge >= 0.3 is 11.9 Å². The average molecular weight is 422 g/mol. The van der Waals surface area contributed by atoms with Gasteiger partial charge in [0.05, 0.1) is 39.8 Å². The molecule has 29 heavy (non-hydrogen) atoms. The normalized spacial score (nSPS) is 10.8. The van der Waals surface area contributed by atoms with Gasteiger partial charge in [-0.2, -0.15) is 0 Å². The summed E-state index contributed by atoms with van der Waals surface area (Å²) in [6.07, 6.45) is 0. The van der Waals surface area contributed by atoms with E-state index in [2.05, 4.69) is 4.72 Å². The monoisotopic (exact) mass is 422 g/mol. The molecule has 0 aliphatic rings. The van der Waals surface area contributed by atoms with Crippen LogP contribution < -0.4 is 4.72 Å². The summed E-state index contributed by atoms with van der Waals surface area (Å²) in [4.78, 5) is 33.9. The number of hydrogen-bond donors (Lipinski definition) is 1. The zero-order chi connectivity index (χ0) is 21.6. The second kappa shape index (κ2) is 9.15. The van der Waals surface area contributed by atoms with Crippen LogP contribution in [0.5, 0.6) is 0 Å². The van der Waals surface area contributed by atoms with Crippen LogP contribution >= 0.6 is 0 Å². The van der Waals surface area contributed by atoms with E-state index in [0.29, 0.717) is 0 Å². The van der Waals surface area contributed by atoms with Crippen molar-refractivity contribution in [3.63, 3.8) is 0 Å². The third kappa shape index (κ3) is 5.29. The first-order valence-corrected chi connectivity index (χ1v) is 9.93. The smallest absolute Gasteiger partial charge is 0.340 e. The molecule has 0 spiro atoms. The Labute approximate surface area is 166 Å². The number of nitrogens with one attached hydrogen (secondary N) is 1. The molecule has 0 saturated carbocycles. The Morgan fingerprint density at radius 3 is 2.31 bits per heavy atom. The molecule has 0 unspecified atom stereocenters. The predicted octanol–water partition coefficient (Wildman–Crippen LogP) is 2.75. The Morgan fingerprint density at radius 1 is 1.03 bits per heavy atom. The van der Waals surface area contributed by atoms with Crippen molar-refractivity contribution >= 4 is 33.3 Å². The molecule has 11 heteroatoms. The topological polar surface area (TPSA) is 142 Å². The van der Waals surface area contributed by atoms with Crippen LogP contribution in [0.2, 0.25) is 0 Å². The first-order chi connectivity index (χ1) is 13.7. The molecule has 1 N–H and O–H groups in total. The molecule has 0 fully saturated rings. The highest BCUT2D eigenvalue weighted by Gasteiger charge is 2.23. The van der Waals surface area contributed by atoms with Crippen molar-refractivity contribution < 1.29 is 32.4 Å². The molecular weight excluding hydrogens is 404 g/mol. The minimum absolute atomic E-state index is 0.0108. The maximum absolute atomic E-state index is 12.7. The van der Waals surface area contributed by atoms with Crippen LogP contribution in [0.15, 0.2) is 47.4 Å². The highest BCUT2D eigenvalue weighted by atomic mass is 32.2. The summed E-state index contributed by atoms with van der Waals surface area (Å²) >= 11 is 0. The van der Waals surface area contributed by atoms with Gasteiger partial charge in [0.15, 0.2) is 0 Å². The van der Waals surface area contributed by atoms with E-state index < -0.39 is 32.6 Å². The Kier molecular flexibility index (Phi) is 6.89. The summed E-state index contributed by atoms with van der Waals surface area (Å²) < 4.78 is 37.4. The number of carbonyl (C=O) groups is 2. The number of esters is 2. The fourth-order valence-corrected chi connectivity index (χ4v) is 3.43. The van der Waals surface area contributed by atoms with Crippen molar-refractivity contribution in [3.8, 4) is 0 Å². The lowest BCUT2D eigenvalue weighted by Crippen LogP contribution is -2.18. The van der Waals surface area contributed by atoms with Crippen molar-refractivity contribution in [2.45, 2.75) is 18.7 Å². The molecule has 0 radical (unpaired) electrons. The van der Waals surface area contributed by atoms with Gasteiger partial charge in [-0.05, 0) is 38.1 Å². The molecule has 0 atom stereocenters. The van der Waals surface area contributed by atoms with Crippen LogP contribution in [0.4, 0.5) is 11.4 Å². The summed E-state index contributed by atoms with van der Waals surface area (Å²) in [7, 11) is -4.31. The van der Waals surface area contributed by atoms with E-state index in [1.165, 1.54) is 18.2 Å². The lowest BCUT2D eigenvalue weighted by molar-refractivity contribution is -0.385. The molecule has 0 amide bonds. The SMILES string of the molecule is CCOC(=O)c1ccc(C(=O)OCC)c(NS(=O)(=O)c2cccc([N+](=O)[O-])c2)c1. The standard InChI is InChI=1S/C18H18N2O8S/c1-3-27-17(21)12-8-9-15(18(22)28-4-2)16(10-12)19-29(25,26)14-7-5-6-13(11-14)20(23)24/h5-11,19H,3-4H2,1-2H3. The molecule has 0 heterocycles. The van der Waals surface area contributed by atoms with E-state index in [1.807, 2.05) is 0 Å². The number of nitrogens with zero attached hydrogens (tertiary/aromatic N) is 1. The molecule has 2 rings (SSSR count). The first kappa shape index (κ1) is 21.8. The van der Waals surface area contributed by atoms with Gasteiger partial charge in [-0.15, -0.1) is 0 Å². The number of benzene rings is 2. The van der Waals surface area contributed by atoms with Gasteiger partial charge in [0, 0.05) is 12.1 Å². The number of sulfonamides is 1. The van der Waals surface area contributed by atoms with Crippen molar-refractivity contribution in [1.29, 1.82) is 0 Å². The Balaban J connectivity index is 2.51. The molecule has 0 aromatic heterocycles. The molecule has 2 aromatic carbocycles. The number of non-ortho nitro benzene ring substituents is 1. The van der Waals surface area contributed by atoms with Crippen LogP contribution in [0, 0.1) is 10.1 Å². The highest BCUT2D eigenvalue weighted by molar-refractivity contribution is 7.92. The fraction of sp³-hybridized carbons (Fsp3) is 0.222. The number of rotatable bonds is 8. The number of nitro groups is 1. The predicted molar refractivity (Wildman–Crippen MR) is 102 cm³/mol. The van der Waals surface area contributed by atoms with Gasteiger partial charge in [0.25, 0.3) is 15.7 Å².